The normalized spacial score (nSPS) is 42.8. The second kappa shape index (κ2) is 3.33. The summed E-state index contributed by atoms with van der Waals surface area (Å²) in [5.41, 5.74) is -0.432. The number of rotatable bonds is 0. The van der Waals surface area contributed by atoms with Crippen LogP contribution in [0.4, 0.5) is 0 Å². The summed E-state index contributed by atoms with van der Waals surface area (Å²) in [6, 6.07) is -0.159. The number of hydrogen-bond donors (Lipinski definition) is 0. The van der Waals surface area contributed by atoms with Gasteiger partial charge in [-0.05, 0) is 19.3 Å². The second-order valence-corrected chi connectivity index (χ2v) is 5.60. The molecule has 0 aromatic heterocycles. The molecule has 0 aromatic rings. The molecule has 2 heterocycles. The largest absolute Gasteiger partial charge is 0.440 e. The van der Waals surface area contributed by atoms with Gasteiger partial charge in [0.05, 0.1) is 0 Å². The zero-order chi connectivity index (χ0) is 11.5. The summed E-state index contributed by atoms with van der Waals surface area (Å²) in [6.45, 7) is 0. The molecule has 17 heavy (non-hydrogen) atoms. The molecule has 1 spiro atoms. The highest BCUT2D eigenvalue weighted by Crippen LogP contribution is 2.49. The Bertz CT molecular complexity index is 386. The van der Waals surface area contributed by atoms with Crippen LogP contribution in [0.3, 0.4) is 0 Å². The van der Waals surface area contributed by atoms with E-state index in [0.717, 1.165) is 32.1 Å². The number of ether oxygens (including phenoxy) is 1. The van der Waals surface area contributed by atoms with Gasteiger partial charge in [0.15, 0.2) is 5.72 Å². The lowest BCUT2D eigenvalue weighted by molar-refractivity contribution is -0.264. The van der Waals surface area contributed by atoms with Crippen molar-refractivity contribution in [2.45, 2.75) is 56.4 Å². The van der Waals surface area contributed by atoms with E-state index in [1.54, 1.807) is 0 Å². The van der Waals surface area contributed by atoms with Crippen LogP contribution in [-0.4, -0.2) is 28.9 Å². The molecule has 4 aliphatic rings. The minimum absolute atomic E-state index is 0.0666. The lowest BCUT2D eigenvalue weighted by atomic mass is 9.90. The summed E-state index contributed by atoms with van der Waals surface area (Å²) in [5.74, 6) is 0.215. The van der Waals surface area contributed by atoms with Gasteiger partial charge in [0.2, 0.25) is 0 Å². The third-order valence-corrected chi connectivity index (χ3v) is 4.62. The average Bonchev–Trinajstić information content (AvgIpc) is 2.93. The van der Waals surface area contributed by atoms with Crippen LogP contribution < -0.4 is 0 Å². The van der Waals surface area contributed by atoms with E-state index >= 15 is 0 Å². The van der Waals surface area contributed by atoms with Crippen LogP contribution in [-0.2, 0) is 14.4 Å². The number of hydroxylamine groups is 2. The van der Waals surface area contributed by atoms with E-state index in [-0.39, 0.29) is 24.0 Å². The molecule has 0 N–H and O–H groups in total. The van der Waals surface area contributed by atoms with E-state index in [4.69, 9.17) is 9.57 Å². The predicted octanol–water partition coefficient (Wildman–Crippen LogP) is 1.76. The molecule has 0 unspecified atom stereocenters. The van der Waals surface area contributed by atoms with Crippen LogP contribution in [0, 0.1) is 5.92 Å². The van der Waals surface area contributed by atoms with Crippen LogP contribution >= 0.6 is 0 Å². The highest BCUT2D eigenvalue weighted by atomic mass is 16.8. The Morgan fingerprint density at radius 2 is 2.12 bits per heavy atom. The molecule has 2 aliphatic carbocycles. The molecule has 0 aromatic carbocycles. The summed E-state index contributed by atoms with van der Waals surface area (Å²) in [7, 11) is 0. The van der Waals surface area contributed by atoms with E-state index in [9.17, 15) is 4.79 Å². The lowest BCUT2D eigenvalue weighted by Gasteiger charge is -2.37. The Kier molecular flexibility index (Phi) is 1.97. The van der Waals surface area contributed by atoms with Crippen LogP contribution in [0.15, 0.2) is 12.2 Å². The Morgan fingerprint density at radius 3 is 2.94 bits per heavy atom. The minimum Gasteiger partial charge on any atom is -0.440 e. The fourth-order valence-corrected chi connectivity index (χ4v) is 3.78. The van der Waals surface area contributed by atoms with Gasteiger partial charge in [-0.3, -0.25) is 9.63 Å². The van der Waals surface area contributed by atoms with Gasteiger partial charge in [0.25, 0.3) is 0 Å². The quantitative estimate of drug-likeness (QED) is 0.474. The molecule has 4 heteroatoms. The number of esters is 1. The van der Waals surface area contributed by atoms with E-state index in [0.29, 0.717) is 0 Å². The first-order valence-corrected chi connectivity index (χ1v) is 6.66. The van der Waals surface area contributed by atoms with E-state index < -0.39 is 5.72 Å². The highest BCUT2D eigenvalue weighted by molar-refractivity contribution is 5.79. The molecule has 2 saturated heterocycles. The molecule has 4 rings (SSSR count). The number of fused-ring (bicyclic) bond motifs is 4. The van der Waals surface area contributed by atoms with Crippen molar-refractivity contribution in [3.63, 3.8) is 0 Å². The van der Waals surface area contributed by atoms with Crippen molar-refractivity contribution < 1.29 is 14.4 Å². The van der Waals surface area contributed by atoms with Crippen LogP contribution in [0.25, 0.3) is 0 Å². The standard InChI is InChI=1S/C13H17NO3/c15-12-11-9-5-4-6-10(9)17-14(11)13(16-12)7-2-1-3-8-13/h4,6,9-11H,1-3,5,7-8H2/t9-,10+,11-/m1/s1. The zero-order valence-electron chi connectivity index (χ0n) is 9.80. The van der Waals surface area contributed by atoms with Crippen molar-refractivity contribution in [2.75, 3.05) is 0 Å². The predicted molar refractivity (Wildman–Crippen MR) is 59.7 cm³/mol. The van der Waals surface area contributed by atoms with Crippen molar-refractivity contribution in [3.05, 3.63) is 12.2 Å². The first kappa shape index (κ1) is 10.1. The van der Waals surface area contributed by atoms with Crippen LogP contribution in [0.5, 0.6) is 0 Å². The van der Waals surface area contributed by atoms with E-state index in [1.165, 1.54) is 6.42 Å². The number of carbonyl (C=O) groups is 1. The van der Waals surface area contributed by atoms with Crippen molar-refractivity contribution >= 4 is 5.97 Å². The molecular formula is C13H17NO3. The van der Waals surface area contributed by atoms with Crippen molar-refractivity contribution in [1.29, 1.82) is 0 Å². The maximum atomic E-state index is 12.1. The van der Waals surface area contributed by atoms with Gasteiger partial charge in [0, 0.05) is 18.8 Å². The van der Waals surface area contributed by atoms with Gasteiger partial charge in [-0.15, -0.1) is 5.06 Å². The van der Waals surface area contributed by atoms with Crippen molar-refractivity contribution in [3.8, 4) is 0 Å². The molecule has 4 nitrogen and oxygen atoms in total. The summed E-state index contributed by atoms with van der Waals surface area (Å²) in [6.07, 6.45) is 10.6. The number of carbonyl (C=O) groups excluding carboxylic acids is 1. The second-order valence-electron chi connectivity index (χ2n) is 5.60. The summed E-state index contributed by atoms with van der Waals surface area (Å²) in [4.78, 5) is 18.1. The van der Waals surface area contributed by atoms with Crippen molar-refractivity contribution in [2.24, 2.45) is 5.92 Å². The third kappa shape index (κ3) is 1.23. The van der Waals surface area contributed by atoms with Gasteiger partial charge in [0.1, 0.15) is 12.1 Å². The first-order chi connectivity index (χ1) is 8.30. The van der Waals surface area contributed by atoms with Crippen LogP contribution in [0.2, 0.25) is 0 Å². The van der Waals surface area contributed by atoms with Crippen LogP contribution in [0.1, 0.15) is 38.5 Å². The molecule has 0 radical (unpaired) electrons. The molecular weight excluding hydrogens is 218 g/mol. The minimum atomic E-state index is -0.432. The molecule has 92 valence electrons. The smallest absolute Gasteiger partial charge is 0.328 e. The topological polar surface area (TPSA) is 38.8 Å². The number of allylic oxidation sites excluding steroid dienone is 1. The third-order valence-electron chi connectivity index (χ3n) is 4.62. The maximum absolute atomic E-state index is 12.1. The van der Waals surface area contributed by atoms with E-state index in [1.807, 2.05) is 5.06 Å². The first-order valence-electron chi connectivity index (χ1n) is 6.66. The van der Waals surface area contributed by atoms with Gasteiger partial charge < -0.3 is 4.74 Å². The van der Waals surface area contributed by atoms with Gasteiger partial charge in [-0.25, -0.2) is 0 Å². The molecule has 2 aliphatic heterocycles. The molecule has 3 atom stereocenters. The van der Waals surface area contributed by atoms with Gasteiger partial charge in [-0.2, -0.15) is 0 Å². The molecule has 3 fully saturated rings. The number of hydrogen-bond acceptors (Lipinski definition) is 4. The Balaban J connectivity index is 1.68. The molecule has 0 amide bonds. The van der Waals surface area contributed by atoms with E-state index in [2.05, 4.69) is 12.2 Å². The Labute approximate surface area is 101 Å². The summed E-state index contributed by atoms with van der Waals surface area (Å²) >= 11 is 0. The van der Waals surface area contributed by atoms with Gasteiger partial charge >= 0.3 is 5.97 Å². The fourth-order valence-electron chi connectivity index (χ4n) is 3.78. The highest BCUT2D eigenvalue weighted by Gasteiger charge is 2.63. The zero-order valence-corrected chi connectivity index (χ0v) is 9.80. The average molecular weight is 235 g/mol. The van der Waals surface area contributed by atoms with Crippen molar-refractivity contribution in [1.82, 2.24) is 5.06 Å². The van der Waals surface area contributed by atoms with Gasteiger partial charge in [-0.1, -0.05) is 18.6 Å². The SMILES string of the molecule is O=C1OC2(CCCCC2)N2O[C@H]3C=CC[C@H]3[C@H]12. The monoisotopic (exact) mass is 235 g/mol. The molecule has 0 bridgehead atoms. The summed E-state index contributed by atoms with van der Waals surface area (Å²) < 4.78 is 5.70. The Hall–Kier alpha value is -0.870. The lowest BCUT2D eigenvalue weighted by Crippen LogP contribution is -2.47. The molecule has 1 saturated carbocycles. The maximum Gasteiger partial charge on any atom is 0.328 e. The Morgan fingerprint density at radius 1 is 1.29 bits per heavy atom. The fraction of sp³-hybridized carbons (Fsp3) is 0.769. The summed E-state index contributed by atoms with van der Waals surface area (Å²) in [5, 5.41) is 1.91. The number of nitrogens with zero attached hydrogens (tertiary/aromatic N) is 1.